The zero-order valence-corrected chi connectivity index (χ0v) is 9.67. The van der Waals surface area contributed by atoms with Crippen molar-refractivity contribution in [1.29, 1.82) is 0 Å². The third-order valence-corrected chi connectivity index (χ3v) is 3.93. The highest BCUT2D eigenvalue weighted by atomic mass is 32.2. The van der Waals surface area contributed by atoms with E-state index in [1.807, 2.05) is 0 Å². The van der Waals surface area contributed by atoms with E-state index in [0.29, 0.717) is 0 Å². The summed E-state index contributed by atoms with van der Waals surface area (Å²) in [5.41, 5.74) is 5.54. The fourth-order valence-electron chi connectivity index (χ4n) is 1.18. The molecule has 0 saturated heterocycles. The molecule has 0 aliphatic rings. The molecule has 1 rings (SSSR count). The van der Waals surface area contributed by atoms with Gasteiger partial charge in [0.15, 0.2) is 0 Å². The number of sulfonamides is 1. The van der Waals surface area contributed by atoms with Gasteiger partial charge in [-0.25, -0.2) is 12.8 Å². The summed E-state index contributed by atoms with van der Waals surface area (Å²) in [6.07, 6.45) is 1.44. The lowest BCUT2D eigenvalue weighted by atomic mass is 10.3. The van der Waals surface area contributed by atoms with Crippen molar-refractivity contribution in [2.45, 2.75) is 4.90 Å². The van der Waals surface area contributed by atoms with Crippen molar-refractivity contribution < 1.29 is 12.8 Å². The van der Waals surface area contributed by atoms with Crippen molar-refractivity contribution in [2.24, 2.45) is 0 Å². The second-order valence-corrected chi connectivity index (χ2v) is 5.27. The number of anilines is 1. The number of rotatable bonds is 4. The van der Waals surface area contributed by atoms with Crippen LogP contribution < -0.4 is 5.73 Å². The number of nitrogen functional groups attached to an aromatic ring is 1. The zero-order valence-electron chi connectivity index (χ0n) is 8.85. The molecule has 6 heteroatoms. The topological polar surface area (TPSA) is 63.4 Å². The number of hydrogen-bond acceptors (Lipinski definition) is 3. The van der Waals surface area contributed by atoms with Crippen molar-refractivity contribution in [1.82, 2.24) is 4.31 Å². The van der Waals surface area contributed by atoms with Gasteiger partial charge in [0.25, 0.3) is 0 Å². The van der Waals surface area contributed by atoms with Gasteiger partial charge in [-0.05, 0) is 18.2 Å². The van der Waals surface area contributed by atoms with Gasteiger partial charge in [0.1, 0.15) is 10.7 Å². The smallest absolute Gasteiger partial charge is 0.245 e. The molecule has 0 fully saturated rings. The third kappa shape index (κ3) is 2.40. The highest BCUT2D eigenvalue weighted by Gasteiger charge is 2.22. The van der Waals surface area contributed by atoms with Crippen LogP contribution in [0.4, 0.5) is 10.1 Å². The Hall–Kier alpha value is -1.40. The van der Waals surface area contributed by atoms with E-state index >= 15 is 0 Å². The summed E-state index contributed by atoms with van der Waals surface area (Å²) in [6.45, 7) is 3.57. The van der Waals surface area contributed by atoms with Crippen LogP contribution in [0.1, 0.15) is 0 Å². The summed E-state index contributed by atoms with van der Waals surface area (Å²) in [7, 11) is -2.38. The van der Waals surface area contributed by atoms with Gasteiger partial charge in [-0.1, -0.05) is 6.08 Å². The lowest BCUT2D eigenvalue weighted by Crippen LogP contribution is -2.27. The molecule has 0 atom stereocenters. The second kappa shape index (κ2) is 4.63. The van der Waals surface area contributed by atoms with Crippen LogP contribution in [-0.4, -0.2) is 26.3 Å². The van der Waals surface area contributed by atoms with Gasteiger partial charge in [-0.3, -0.25) is 0 Å². The summed E-state index contributed by atoms with van der Waals surface area (Å²) in [4.78, 5) is -0.225. The summed E-state index contributed by atoms with van der Waals surface area (Å²) < 4.78 is 37.9. The van der Waals surface area contributed by atoms with E-state index in [0.717, 1.165) is 16.4 Å². The number of halogens is 1. The van der Waals surface area contributed by atoms with E-state index in [9.17, 15) is 12.8 Å². The predicted octanol–water partition coefficient (Wildman–Crippen LogP) is 1.21. The molecule has 0 aliphatic heterocycles. The first kappa shape index (κ1) is 12.7. The lowest BCUT2D eigenvalue weighted by Gasteiger charge is -2.16. The number of nitrogens with two attached hydrogens (primary N) is 1. The molecule has 88 valence electrons. The molecule has 4 nitrogen and oxygen atoms in total. The van der Waals surface area contributed by atoms with E-state index in [1.165, 1.54) is 19.2 Å². The van der Waals surface area contributed by atoms with Crippen molar-refractivity contribution in [3.63, 3.8) is 0 Å². The van der Waals surface area contributed by atoms with Gasteiger partial charge >= 0.3 is 0 Å². The molecule has 0 bridgehead atoms. The summed E-state index contributed by atoms with van der Waals surface area (Å²) in [5.74, 6) is -0.639. The zero-order chi connectivity index (χ0) is 12.3. The van der Waals surface area contributed by atoms with Crippen LogP contribution in [-0.2, 0) is 10.0 Å². The monoisotopic (exact) mass is 244 g/mol. The van der Waals surface area contributed by atoms with E-state index in [-0.39, 0.29) is 17.1 Å². The minimum absolute atomic E-state index is 0.0253. The standard InChI is InChI=1S/C10H13FN2O2S/c1-3-6-13(2)16(14,15)10-7-8(11)4-5-9(10)12/h3-5,7H,1,6,12H2,2H3. The molecule has 1 aromatic rings. The molecule has 0 aliphatic carbocycles. The normalized spacial score (nSPS) is 11.7. The maximum absolute atomic E-state index is 13.0. The minimum atomic E-state index is -3.76. The molecule has 0 unspecified atom stereocenters. The van der Waals surface area contributed by atoms with Crippen LogP contribution in [0.3, 0.4) is 0 Å². The minimum Gasteiger partial charge on any atom is -0.398 e. The van der Waals surface area contributed by atoms with Gasteiger partial charge < -0.3 is 5.73 Å². The third-order valence-electron chi connectivity index (χ3n) is 2.05. The largest absolute Gasteiger partial charge is 0.398 e. The Morgan fingerprint density at radius 2 is 2.19 bits per heavy atom. The van der Waals surface area contributed by atoms with E-state index < -0.39 is 15.8 Å². The number of benzene rings is 1. The SMILES string of the molecule is C=CCN(C)S(=O)(=O)c1cc(F)ccc1N. The number of hydrogen-bond donors (Lipinski definition) is 1. The molecule has 1 aromatic carbocycles. The van der Waals surface area contributed by atoms with Crippen LogP contribution in [0, 0.1) is 5.82 Å². The Labute approximate surface area is 94.2 Å². The Bertz CT molecular complexity index is 500. The summed E-state index contributed by atoms with van der Waals surface area (Å²) in [5, 5.41) is 0. The predicted molar refractivity (Wildman–Crippen MR) is 60.8 cm³/mol. The maximum Gasteiger partial charge on any atom is 0.245 e. The first-order chi connectivity index (χ1) is 7.39. The van der Waals surface area contributed by atoms with Crippen LogP contribution in [0.25, 0.3) is 0 Å². The lowest BCUT2D eigenvalue weighted by molar-refractivity contribution is 0.498. The molecular weight excluding hydrogens is 231 g/mol. The average molecular weight is 244 g/mol. The van der Waals surface area contributed by atoms with Crippen molar-refractivity contribution in [2.75, 3.05) is 19.3 Å². The molecule has 0 amide bonds. The Kier molecular flexibility index (Phi) is 3.66. The first-order valence-electron chi connectivity index (χ1n) is 4.52. The first-order valence-corrected chi connectivity index (χ1v) is 5.96. The van der Waals surface area contributed by atoms with Gasteiger partial charge in [0.05, 0.1) is 5.69 Å². The van der Waals surface area contributed by atoms with Crippen molar-refractivity contribution in [3.05, 3.63) is 36.7 Å². The van der Waals surface area contributed by atoms with Crippen LogP contribution >= 0.6 is 0 Å². The molecule has 2 N–H and O–H groups in total. The molecule has 0 saturated carbocycles. The quantitative estimate of drug-likeness (QED) is 0.639. The van der Waals surface area contributed by atoms with Crippen molar-refractivity contribution >= 4 is 15.7 Å². The number of nitrogens with zero attached hydrogens (tertiary/aromatic N) is 1. The second-order valence-electron chi connectivity index (χ2n) is 3.26. The molecule has 0 spiro atoms. The Morgan fingerprint density at radius 3 is 2.75 bits per heavy atom. The molecule has 16 heavy (non-hydrogen) atoms. The van der Waals surface area contributed by atoms with E-state index in [2.05, 4.69) is 6.58 Å². The fourth-order valence-corrected chi connectivity index (χ4v) is 2.44. The molecule has 0 aromatic heterocycles. The van der Waals surface area contributed by atoms with Crippen molar-refractivity contribution in [3.8, 4) is 0 Å². The Morgan fingerprint density at radius 1 is 1.56 bits per heavy atom. The average Bonchev–Trinajstić information content (AvgIpc) is 2.22. The molecular formula is C10H13FN2O2S. The Balaban J connectivity index is 3.26. The van der Waals surface area contributed by atoms with Gasteiger partial charge in [0.2, 0.25) is 10.0 Å². The van der Waals surface area contributed by atoms with Crippen LogP contribution in [0.2, 0.25) is 0 Å². The maximum atomic E-state index is 13.0. The fraction of sp³-hybridized carbons (Fsp3) is 0.200. The van der Waals surface area contributed by atoms with E-state index in [1.54, 1.807) is 0 Å². The van der Waals surface area contributed by atoms with Gasteiger partial charge in [-0.2, -0.15) is 4.31 Å². The van der Waals surface area contributed by atoms with Crippen LogP contribution in [0.5, 0.6) is 0 Å². The van der Waals surface area contributed by atoms with Gasteiger partial charge in [-0.15, -0.1) is 6.58 Å². The van der Waals surface area contributed by atoms with Crippen LogP contribution in [0.15, 0.2) is 35.7 Å². The summed E-state index contributed by atoms with van der Waals surface area (Å²) in [6, 6.07) is 3.25. The van der Waals surface area contributed by atoms with Gasteiger partial charge in [0, 0.05) is 13.6 Å². The molecule has 0 radical (unpaired) electrons. The highest BCUT2D eigenvalue weighted by Crippen LogP contribution is 2.22. The van der Waals surface area contributed by atoms with E-state index in [4.69, 9.17) is 5.73 Å². The highest BCUT2D eigenvalue weighted by molar-refractivity contribution is 7.89. The number of likely N-dealkylation sites (N-methyl/N-ethyl adjacent to an activating group) is 1. The molecule has 0 heterocycles. The summed E-state index contributed by atoms with van der Waals surface area (Å²) >= 11 is 0.